The minimum atomic E-state index is -3.20. The molecule has 0 aromatic heterocycles. The van der Waals surface area contributed by atoms with E-state index in [-0.39, 0.29) is 5.75 Å². The first-order chi connectivity index (χ1) is 7.83. The first-order valence-electron chi connectivity index (χ1n) is 5.11. The maximum absolute atomic E-state index is 11.1. The normalized spacial score (nSPS) is 13.4. The number of rotatable bonds is 5. The van der Waals surface area contributed by atoms with Gasteiger partial charge in [-0.1, -0.05) is 6.07 Å². The Morgan fingerprint density at radius 2 is 2.12 bits per heavy atom. The smallest absolute Gasteiger partial charge is 0.150 e. The van der Waals surface area contributed by atoms with E-state index in [9.17, 15) is 13.5 Å². The van der Waals surface area contributed by atoms with Gasteiger partial charge >= 0.3 is 0 Å². The molecule has 4 nitrogen and oxygen atoms in total. The van der Waals surface area contributed by atoms with Crippen LogP contribution in [0.4, 0.5) is 0 Å². The summed E-state index contributed by atoms with van der Waals surface area (Å²) in [4.78, 5) is 0. The van der Waals surface area contributed by atoms with Crippen LogP contribution in [0.2, 0.25) is 0 Å². The van der Waals surface area contributed by atoms with E-state index in [2.05, 4.69) is 15.9 Å². The molecule has 17 heavy (non-hydrogen) atoms. The van der Waals surface area contributed by atoms with Crippen molar-refractivity contribution in [1.29, 1.82) is 0 Å². The van der Waals surface area contributed by atoms with E-state index >= 15 is 0 Å². The van der Waals surface area contributed by atoms with Crippen molar-refractivity contribution in [2.24, 2.45) is 0 Å². The highest BCUT2D eigenvalue weighted by Crippen LogP contribution is 2.28. The summed E-state index contributed by atoms with van der Waals surface area (Å²) in [5, 5.41) is 9.76. The Balaban J connectivity index is 2.89. The molecule has 1 aromatic rings. The lowest BCUT2D eigenvalue weighted by atomic mass is 10.1. The van der Waals surface area contributed by atoms with Crippen molar-refractivity contribution in [1.82, 2.24) is 0 Å². The van der Waals surface area contributed by atoms with E-state index < -0.39 is 15.9 Å². The van der Waals surface area contributed by atoms with E-state index in [1.165, 1.54) is 0 Å². The molecule has 0 radical (unpaired) electrons. The van der Waals surface area contributed by atoms with Gasteiger partial charge in [0.1, 0.15) is 15.6 Å². The number of aliphatic hydroxyl groups excluding tert-OH is 1. The number of sulfone groups is 1. The largest absolute Gasteiger partial charge is 0.493 e. The number of benzene rings is 1. The highest BCUT2D eigenvalue weighted by atomic mass is 79.9. The lowest BCUT2D eigenvalue weighted by molar-refractivity contribution is 0.201. The maximum atomic E-state index is 11.1. The molecule has 0 amide bonds. The fourth-order valence-corrected chi connectivity index (χ4v) is 2.66. The molecule has 0 aliphatic rings. The third-order valence-corrected chi connectivity index (χ3v) is 3.64. The molecule has 1 unspecified atom stereocenters. The molecule has 6 heteroatoms. The van der Waals surface area contributed by atoms with E-state index in [0.29, 0.717) is 22.4 Å². The Hall–Kier alpha value is -0.590. The second kappa shape index (κ2) is 5.84. The fraction of sp³-hybridized carbons (Fsp3) is 0.455. The summed E-state index contributed by atoms with van der Waals surface area (Å²) in [6.45, 7) is 2.42. The Kier molecular flexibility index (Phi) is 4.97. The van der Waals surface area contributed by atoms with Gasteiger partial charge < -0.3 is 9.84 Å². The van der Waals surface area contributed by atoms with E-state index in [4.69, 9.17) is 4.74 Å². The average molecular weight is 323 g/mol. The Bertz CT molecular complexity index is 484. The van der Waals surface area contributed by atoms with Crippen molar-refractivity contribution >= 4 is 25.8 Å². The average Bonchev–Trinajstić information content (AvgIpc) is 2.18. The first kappa shape index (κ1) is 14.5. The van der Waals surface area contributed by atoms with Crippen LogP contribution in [0, 0.1) is 0 Å². The van der Waals surface area contributed by atoms with Gasteiger partial charge in [-0.3, -0.25) is 0 Å². The Labute approximate surface area is 110 Å². The van der Waals surface area contributed by atoms with Gasteiger partial charge in [0.25, 0.3) is 0 Å². The number of hydrogen-bond donors (Lipinski definition) is 1. The van der Waals surface area contributed by atoms with Crippen LogP contribution in [0.5, 0.6) is 5.75 Å². The van der Waals surface area contributed by atoms with Gasteiger partial charge in [0.2, 0.25) is 0 Å². The van der Waals surface area contributed by atoms with Crippen LogP contribution in [-0.2, 0) is 9.84 Å². The summed E-state index contributed by atoms with van der Waals surface area (Å²) in [6, 6.07) is 5.03. The number of aliphatic hydroxyl groups is 1. The van der Waals surface area contributed by atoms with Crippen LogP contribution in [0.15, 0.2) is 22.7 Å². The van der Waals surface area contributed by atoms with Crippen molar-refractivity contribution < 1.29 is 18.3 Å². The van der Waals surface area contributed by atoms with Gasteiger partial charge in [0.05, 0.1) is 22.9 Å². The predicted octanol–water partition coefficient (Wildman–Crippen LogP) is 1.93. The summed E-state index contributed by atoms with van der Waals surface area (Å²) in [5.74, 6) is 0.385. The zero-order valence-corrected chi connectivity index (χ0v) is 12.1. The molecule has 0 heterocycles. The lowest BCUT2D eigenvalue weighted by Crippen LogP contribution is -2.12. The summed E-state index contributed by atoms with van der Waals surface area (Å²) < 4.78 is 28.2. The van der Waals surface area contributed by atoms with Crippen LogP contribution in [-0.4, -0.2) is 32.1 Å². The highest BCUT2D eigenvalue weighted by Gasteiger charge is 2.15. The molecular weight excluding hydrogens is 308 g/mol. The van der Waals surface area contributed by atoms with E-state index in [1.807, 2.05) is 6.92 Å². The van der Waals surface area contributed by atoms with Crippen molar-refractivity contribution in [2.75, 3.05) is 18.6 Å². The van der Waals surface area contributed by atoms with Crippen molar-refractivity contribution in [3.63, 3.8) is 0 Å². The maximum Gasteiger partial charge on any atom is 0.150 e. The van der Waals surface area contributed by atoms with Crippen molar-refractivity contribution in [2.45, 2.75) is 13.0 Å². The van der Waals surface area contributed by atoms with E-state index in [1.54, 1.807) is 18.2 Å². The second-order valence-electron chi connectivity index (χ2n) is 3.73. The lowest BCUT2D eigenvalue weighted by Gasteiger charge is -2.12. The van der Waals surface area contributed by atoms with Crippen LogP contribution in [0.3, 0.4) is 0 Å². The molecule has 0 saturated carbocycles. The van der Waals surface area contributed by atoms with Gasteiger partial charge in [-0.15, -0.1) is 0 Å². The first-order valence-corrected chi connectivity index (χ1v) is 7.97. The summed E-state index contributed by atoms with van der Waals surface area (Å²) in [6.07, 6.45) is 0.0804. The number of halogens is 1. The molecule has 1 rings (SSSR count). The molecule has 0 aliphatic carbocycles. The SMILES string of the molecule is CCOc1ccc(C(O)CS(C)(=O)=O)cc1Br. The van der Waals surface area contributed by atoms with E-state index in [0.717, 1.165) is 6.26 Å². The summed E-state index contributed by atoms with van der Waals surface area (Å²) in [5.41, 5.74) is 0.547. The monoisotopic (exact) mass is 322 g/mol. The molecule has 96 valence electrons. The molecular formula is C11H15BrO4S. The summed E-state index contributed by atoms with van der Waals surface area (Å²) in [7, 11) is -3.20. The van der Waals surface area contributed by atoms with Crippen LogP contribution >= 0.6 is 15.9 Å². The van der Waals surface area contributed by atoms with Gasteiger partial charge in [0, 0.05) is 6.26 Å². The topological polar surface area (TPSA) is 63.6 Å². The standard InChI is InChI=1S/C11H15BrO4S/c1-3-16-11-5-4-8(6-9(11)12)10(13)7-17(2,14)15/h4-6,10,13H,3,7H2,1-2H3. The van der Waals surface area contributed by atoms with Crippen LogP contribution in [0.25, 0.3) is 0 Å². The van der Waals surface area contributed by atoms with Crippen LogP contribution in [0.1, 0.15) is 18.6 Å². The van der Waals surface area contributed by atoms with Gasteiger partial charge in [-0.2, -0.15) is 0 Å². The molecule has 0 fully saturated rings. The predicted molar refractivity (Wildman–Crippen MR) is 70.0 cm³/mol. The summed E-state index contributed by atoms with van der Waals surface area (Å²) >= 11 is 3.31. The zero-order chi connectivity index (χ0) is 13.1. The highest BCUT2D eigenvalue weighted by molar-refractivity contribution is 9.10. The molecule has 0 aliphatic heterocycles. The molecule has 0 spiro atoms. The fourth-order valence-electron chi connectivity index (χ4n) is 1.38. The number of ether oxygens (including phenoxy) is 1. The minimum absolute atomic E-state index is 0.284. The molecule has 1 atom stereocenters. The van der Waals surface area contributed by atoms with Gasteiger partial charge in [0.15, 0.2) is 0 Å². The Morgan fingerprint density at radius 1 is 1.47 bits per heavy atom. The van der Waals surface area contributed by atoms with Crippen molar-refractivity contribution in [3.8, 4) is 5.75 Å². The molecule has 1 N–H and O–H groups in total. The minimum Gasteiger partial charge on any atom is -0.493 e. The molecule has 0 bridgehead atoms. The quantitative estimate of drug-likeness (QED) is 0.899. The third-order valence-electron chi connectivity index (χ3n) is 2.10. The zero-order valence-electron chi connectivity index (χ0n) is 9.68. The van der Waals surface area contributed by atoms with Crippen molar-refractivity contribution in [3.05, 3.63) is 28.2 Å². The van der Waals surface area contributed by atoms with Crippen LogP contribution < -0.4 is 4.74 Å². The van der Waals surface area contributed by atoms with Gasteiger partial charge in [-0.05, 0) is 40.5 Å². The third kappa shape index (κ3) is 4.65. The Morgan fingerprint density at radius 3 is 2.59 bits per heavy atom. The number of hydrogen-bond acceptors (Lipinski definition) is 4. The molecule has 1 aromatic carbocycles. The second-order valence-corrected chi connectivity index (χ2v) is 6.77. The van der Waals surface area contributed by atoms with Gasteiger partial charge in [-0.25, -0.2) is 8.42 Å². The molecule has 0 saturated heterocycles.